The lowest BCUT2D eigenvalue weighted by Gasteiger charge is -2.09. The number of rotatable bonds is 4. The first kappa shape index (κ1) is 17.9. The third-order valence-corrected chi connectivity index (χ3v) is 4.70. The topological polar surface area (TPSA) is 75.0 Å². The van der Waals surface area contributed by atoms with Crippen LogP contribution in [0.4, 0.5) is 0 Å². The number of hydrogen-bond acceptors (Lipinski definition) is 6. The highest BCUT2D eigenvalue weighted by Gasteiger charge is 2.13. The predicted octanol–water partition coefficient (Wildman–Crippen LogP) is 3.90. The summed E-state index contributed by atoms with van der Waals surface area (Å²) in [5.74, 6) is 0.812. The van der Waals surface area contributed by atoms with Crippen molar-refractivity contribution in [2.24, 2.45) is 0 Å². The molecule has 3 aromatic rings. The van der Waals surface area contributed by atoms with Gasteiger partial charge in [-0.1, -0.05) is 18.2 Å². The molecule has 28 heavy (non-hydrogen) atoms. The number of fused-ring (bicyclic) bond motifs is 2. The second-order valence-corrected chi connectivity index (χ2v) is 6.53. The van der Waals surface area contributed by atoms with Crippen LogP contribution in [0.15, 0.2) is 51.7 Å². The van der Waals surface area contributed by atoms with Gasteiger partial charge in [0.05, 0.1) is 0 Å². The highest BCUT2D eigenvalue weighted by molar-refractivity contribution is 5.88. The largest absolute Gasteiger partial charge is 0.458 e. The first-order valence-electron chi connectivity index (χ1n) is 8.79. The first-order valence-corrected chi connectivity index (χ1v) is 8.79. The maximum atomic E-state index is 12.1. The van der Waals surface area contributed by atoms with E-state index in [1.807, 2.05) is 32.0 Å². The van der Waals surface area contributed by atoms with Crippen LogP contribution in [0, 0.1) is 13.8 Å². The second-order valence-electron chi connectivity index (χ2n) is 6.53. The van der Waals surface area contributed by atoms with Crippen LogP contribution in [0.25, 0.3) is 17.0 Å². The van der Waals surface area contributed by atoms with E-state index in [0.29, 0.717) is 22.6 Å². The lowest BCUT2D eigenvalue weighted by atomic mass is 10.0. The zero-order valence-corrected chi connectivity index (χ0v) is 15.5. The fourth-order valence-corrected chi connectivity index (χ4v) is 3.02. The quantitative estimate of drug-likeness (QED) is 0.389. The van der Waals surface area contributed by atoms with Gasteiger partial charge in [0.15, 0.2) is 11.5 Å². The Balaban J connectivity index is 1.49. The first-order chi connectivity index (χ1) is 13.5. The third kappa shape index (κ3) is 3.49. The summed E-state index contributed by atoms with van der Waals surface area (Å²) < 4.78 is 21.2. The molecule has 0 bridgehead atoms. The van der Waals surface area contributed by atoms with Crippen LogP contribution in [0.3, 0.4) is 0 Å². The number of hydrogen-bond donors (Lipinski definition) is 0. The Hall–Kier alpha value is -3.54. The van der Waals surface area contributed by atoms with E-state index < -0.39 is 11.6 Å². The fourth-order valence-electron chi connectivity index (χ4n) is 3.02. The Bertz CT molecular complexity index is 1160. The molecule has 0 unspecified atom stereocenters. The van der Waals surface area contributed by atoms with Crippen molar-refractivity contribution in [1.29, 1.82) is 0 Å². The minimum Gasteiger partial charge on any atom is -0.458 e. The van der Waals surface area contributed by atoms with Gasteiger partial charge in [0.25, 0.3) is 0 Å². The maximum absolute atomic E-state index is 12.1. The summed E-state index contributed by atoms with van der Waals surface area (Å²) in [6, 6.07) is 10.6. The molecule has 2 heterocycles. The van der Waals surface area contributed by atoms with Crippen LogP contribution in [-0.4, -0.2) is 12.8 Å². The average Bonchev–Trinajstić information content (AvgIpc) is 3.15. The van der Waals surface area contributed by atoms with Crippen molar-refractivity contribution >= 4 is 23.0 Å². The molecule has 6 nitrogen and oxygen atoms in total. The van der Waals surface area contributed by atoms with Crippen molar-refractivity contribution in [2.75, 3.05) is 6.79 Å². The molecule has 0 saturated heterocycles. The van der Waals surface area contributed by atoms with Crippen LogP contribution < -0.4 is 15.1 Å². The second kappa shape index (κ2) is 7.23. The van der Waals surface area contributed by atoms with Gasteiger partial charge in [-0.15, -0.1) is 0 Å². The number of ether oxygens (including phenoxy) is 3. The zero-order valence-electron chi connectivity index (χ0n) is 15.5. The van der Waals surface area contributed by atoms with Crippen molar-refractivity contribution in [3.63, 3.8) is 0 Å². The van der Waals surface area contributed by atoms with Gasteiger partial charge in [0, 0.05) is 23.1 Å². The smallest absolute Gasteiger partial charge is 0.336 e. The molecule has 0 saturated carbocycles. The average molecular weight is 378 g/mol. The molecular weight excluding hydrogens is 360 g/mol. The molecule has 1 aliphatic rings. The molecule has 142 valence electrons. The molecular formula is C22H18O6. The number of aryl methyl sites for hydroxylation is 2. The SMILES string of the molecule is Cc1ccc2c(COC(=O)/C=C/c3ccc4c(c3)OCO4)cc(=O)oc2c1C. The summed E-state index contributed by atoms with van der Waals surface area (Å²) >= 11 is 0. The molecule has 0 amide bonds. The molecule has 0 aliphatic carbocycles. The van der Waals surface area contributed by atoms with Crippen LogP contribution >= 0.6 is 0 Å². The van der Waals surface area contributed by atoms with Gasteiger partial charge in [0.1, 0.15) is 12.2 Å². The van der Waals surface area contributed by atoms with Gasteiger partial charge in [-0.05, 0) is 48.7 Å². The standard InChI is InChI=1S/C22H18O6/c1-13-3-6-17-16(10-21(24)28-22(17)14(13)2)11-25-20(23)8-5-15-4-7-18-19(9-15)27-12-26-18/h3-10H,11-12H2,1-2H3/b8-5+. The van der Waals surface area contributed by atoms with Gasteiger partial charge >= 0.3 is 11.6 Å². The molecule has 0 atom stereocenters. The van der Waals surface area contributed by atoms with Crippen molar-refractivity contribution in [3.05, 3.63) is 75.1 Å². The van der Waals surface area contributed by atoms with Crippen LogP contribution in [0.1, 0.15) is 22.3 Å². The molecule has 6 heteroatoms. The van der Waals surface area contributed by atoms with Crippen LogP contribution in [0.5, 0.6) is 11.5 Å². The van der Waals surface area contributed by atoms with E-state index in [1.165, 1.54) is 12.1 Å². The summed E-state index contributed by atoms with van der Waals surface area (Å²) in [7, 11) is 0. The van der Waals surface area contributed by atoms with Crippen molar-refractivity contribution in [2.45, 2.75) is 20.5 Å². The summed E-state index contributed by atoms with van der Waals surface area (Å²) in [6.07, 6.45) is 2.97. The van der Waals surface area contributed by atoms with Gasteiger partial charge in [-0.25, -0.2) is 9.59 Å². The normalized spacial score (nSPS) is 12.6. The monoisotopic (exact) mass is 378 g/mol. The van der Waals surface area contributed by atoms with Gasteiger partial charge in [0.2, 0.25) is 6.79 Å². The lowest BCUT2D eigenvalue weighted by Crippen LogP contribution is -2.06. The van der Waals surface area contributed by atoms with E-state index in [2.05, 4.69) is 0 Å². The molecule has 0 spiro atoms. The summed E-state index contributed by atoms with van der Waals surface area (Å²) in [4.78, 5) is 24.0. The van der Waals surface area contributed by atoms with Crippen LogP contribution in [-0.2, 0) is 16.1 Å². The van der Waals surface area contributed by atoms with Gasteiger partial charge in [-0.3, -0.25) is 0 Å². The van der Waals surface area contributed by atoms with E-state index in [-0.39, 0.29) is 13.4 Å². The molecule has 1 aromatic heterocycles. The number of carbonyl (C=O) groups excluding carboxylic acids is 1. The summed E-state index contributed by atoms with van der Waals surface area (Å²) in [5.41, 5.74) is 3.37. The van der Waals surface area contributed by atoms with E-state index >= 15 is 0 Å². The van der Waals surface area contributed by atoms with E-state index in [1.54, 1.807) is 18.2 Å². The third-order valence-electron chi connectivity index (χ3n) is 4.70. The highest BCUT2D eigenvalue weighted by Crippen LogP contribution is 2.32. The Morgan fingerprint density at radius 1 is 1.11 bits per heavy atom. The van der Waals surface area contributed by atoms with Crippen LogP contribution in [0.2, 0.25) is 0 Å². The maximum Gasteiger partial charge on any atom is 0.336 e. The van der Waals surface area contributed by atoms with Crippen molar-refractivity contribution in [1.82, 2.24) is 0 Å². The molecule has 0 N–H and O–H groups in total. The van der Waals surface area contributed by atoms with Gasteiger partial charge < -0.3 is 18.6 Å². The number of carbonyl (C=O) groups is 1. The summed E-state index contributed by atoms with van der Waals surface area (Å²) in [6.45, 7) is 4.02. The Kier molecular flexibility index (Phi) is 4.61. The Morgan fingerprint density at radius 3 is 2.79 bits per heavy atom. The Labute approximate surface area is 160 Å². The predicted molar refractivity (Wildman–Crippen MR) is 103 cm³/mol. The zero-order chi connectivity index (χ0) is 19.7. The van der Waals surface area contributed by atoms with Crippen molar-refractivity contribution in [3.8, 4) is 11.5 Å². The lowest BCUT2D eigenvalue weighted by molar-refractivity contribution is -0.138. The van der Waals surface area contributed by atoms with E-state index in [9.17, 15) is 9.59 Å². The molecule has 2 aromatic carbocycles. The number of esters is 1. The Morgan fingerprint density at radius 2 is 1.93 bits per heavy atom. The minimum atomic E-state index is -0.511. The molecule has 0 fully saturated rings. The molecule has 1 aliphatic heterocycles. The van der Waals surface area contributed by atoms with Crippen molar-refractivity contribution < 1.29 is 23.4 Å². The van der Waals surface area contributed by atoms with E-state index in [4.69, 9.17) is 18.6 Å². The molecule has 0 radical (unpaired) electrons. The van der Waals surface area contributed by atoms with E-state index in [0.717, 1.165) is 22.1 Å². The summed E-state index contributed by atoms with van der Waals surface area (Å²) in [5, 5.41) is 0.759. The fraction of sp³-hybridized carbons (Fsp3) is 0.182. The highest BCUT2D eigenvalue weighted by atomic mass is 16.7. The molecule has 4 rings (SSSR count). The minimum absolute atomic E-state index is 0.0189. The van der Waals surface area contributed by atoms with Gasteiger partial charge in [-0.2, -0.15) is 0 Å². The number of benzene rings is 2.